The number of rotatable bonds is 7. The summed E-state index contributed by atoms with van der Waals surface area (Å²) in [5.74, 6) is 0. The first-order valence-electron chi connectivity index (χ1n) is 6.67. The molecular formula is C16H21NOS. The van der Waals surface area contributed by atoms with Gasteiger partial charge < -0.3 is 10.1 Å². The van der Waals surface area contributed by atoms with Crippen molar-refractivity contribution in [2.45, 2.75) is 26.5 Å². The van der Waals surface area contributed by atoms with Crippen LogP contribution in [0.25, 0.3) is 0 Å². The van der Waals surface area contributed by atoms with Gasteiger partial charge in [-0.3, -0.25) is 0 Å². The average Bonchev–Trinajstić information content (AvgIpc) is 2.85. The van der Waals surface area contributed by atoms with Gasteiger partial charge >= 0.3 is 0 Å². The molecule has 0 fully saturated rings. The van der Waals surface area contributed by atoms with E-state index in [2.05, 4.69) is 42.7 Å². The predicted molar refractivity (Wildman–Crippen MR) is 81.6 cm³/mol. The van der Waals surface area contributed by atoms with Crippen molar-refractivity contribution in [1.29, 1.82) is 0 Å². The molecule has 2 nitrogen and oxygen atoms in total. The van der Waals surface area contributed by atoms with E-state index in [1.165, 1.54) is 16.0 Å². The number of benzene rings is 1. The fourth-order valence-electron chi connectivity index (χ4n) is 1.92. The second kappa shape index (κ2) is 7.43. The first-order chi connectivity index (χ1) is 9.27. The zero-order valence-corrected chi connectivity index (χ0v) is 12.4. The van der Waals surface area contributed by atoms with Gasteiger partial charge in [-0.2, -0.15) is 0 Å². The topological polar surface area (TPSA) is 21.3 Å². The lowest BCUT2D eigenvalue weighted by Gasteiger charge is -2.13. The Morgan fingerprint density at radius 3 is 2.68 bits per heavy atom. The summed E-state index contributed by atoms with van der Waals surface area (Å²) >= 11 is 1.81. The summed E-state index contributed by atoms with van der Waals surface area (Å²) < 4.78 is 5.82. The van der Waals surface area contributed by atoms with Crippen LogP contribution in [0.1, 0.15) is 29.0 Å². The molecule has 0 amide bonds. The minimum atomic E-state index is 0.159. The quantitative estimate of drug-likeness (QED) is 0.773. The Bertz CT molecular complexity index is 481. The van der Waals surface area contributed by atoms with Crippen LogP contribution in [-0.4, -0.2) is 13.2 Å². The number of aryl methyl sites for hydroxylation is 1. The van der Waals surface area contributed by atoms with Crippen LogP contribution in [-0.2, 0) is 11.3 Å². The number of hydrogen-bond donors (Lipinski definition) is 1. The maximum Gasteiger partial charge on any atom is 0.0797 e. The van der Waals surface area contributed by atoms with E-state index in [9.17, 15) is 0 Å². The third kappa shape index (κ3) is 4.46. The van der Waals surface area contributed by atoms with Crippen LogP contribution < -0.4 is 5.32 Å². The summed E-state index contributed by atoms with van der Waals surface area (Å²) in [7, 11) is 0. The van der Waals surface area contributed by atoms with Crippen LogP contribution in [0, 0.1) is 6.92 Å². The minimum Gasteiger partial charge on any atom is -0.373 e. The van der Waals surface area contributed by atoms with Gasteiger partial charge in [0.15, 0.2) is 0 Å². The van der Waals surface area contributed by atoms with Crippen LogP contribution in [0.15, 0.2) is 41.8 Å². The molecule has 0 aliphatic carbocycles. The zero-order valence-electron chi connectivity index (χ0n) is 11.6. The SMILES string of the molecule is Cc1ccsc1CNCCOC(C)c1ccccc1. The lowest BCUT2D eigenvalue weighted by atomic mass is 10.1. The fourth-order valence-corrected chi connectivity index (χ4v) is 2.79. The van der Waals surface area contributed by atoms with Gasteiger partial charge in [-0.05, 0) is 36.4 Å². The van der Waals surface area contributed by atoms with Crippen LogP contribution in [0.3, 0.4) is 0 Å². The van der Waals surface area contributed by atoms with E-state index in [4.69, 9.17) is 4.74 Å². The highest BCUT2D eigenvalue weighted by atomic mass is 32.1. The number of hydrogen-bond acceptors (Lipinski definition) is 3. The summed E-state index contributed by atoms with van der Waals surface area (Å²) in [6, 6.07) is 12.5. The molecule has 0 radical (unpaired) electrons. The highest BCUT2D eigenvalue weighted by molar-refractivity contribution is 7.10. The van der Waals surface area contributed by atoms with Gasteiger partial charge in [0.25, 0.3) is 0 Å². The standard InChI is InChI=1S/C16H21NOS/c1-13-8-11-19-16(13)12-17-9-10-18-14(2)15-6-4-3-5-7-15/h3-8,11,14,17H,9-10,12H2,1-2H3. The molecular weight excluding hydrogens is 254 g/mol. The molecule has 3 heteroatoms. The van der Waals surface area contributed by atoms with E-state index in [-0.39, 0.29) is 6.10 Å². The molecule has 0 aliphatic heterocycles. The Morgan fingerprint density at radius 2 is 2.00 bits per heavy atom. The van der Waals surface area contributed by atoms with Crippen molar-refractivity contribution in [3.8, 4) is 0 Å². The number of ether oxygens (including phenoxy) is 1. The molecule has 2 aromatic rings. The van der Waals surface area contributed by atoms with Crippen LogP contribution in [0.2, 0.25) is 0 Å². The Hall–Kier alpha value is -1.16. The van der Waals surface area contributed by atoms with E-state index in [1.54, 1.807) is 0 Å². The molecule has 0 saturated heterocycles. The van der Waals surface area contributed by atoms with E-state index in [1.807, 2.05) is 29.5 Å². The summed E-state index contributed by atoms with van der Waals surface area (Å²) in [5, 5.41) is 5.56. The summed E-state index contributed by atoms with van der Waals surface area (Å²) in [6.45, 7) is 6.81. The van der Waals surface area contributed by atoms with Crippen molar-refractivity contribution in [1.82, 2.24) is 5.32 Å². The molecule has 0 bridgehead atoms. The zero-order chi connectivity index (χ0) is 13.5. The van der Waals surface area contributed by atoms with Gasteiger partial charge in [0, 0.05) is 18.0 Å². The second-order valence-corrected chi connectivity index (χ2v) is 5.63. The second-order valence-electron chi connectivity index (χ2n) is 4.63. The van der Waals surface area contributed by atoms with Crippen molar-refractivity contribution in [2.75, 3.05) is 13.2 Å². The van der Waals surface area contributed by atoms with Gasteiger partial charge in [0.2, 0.25) is 0 Å². The Morgan fingerprint density at radius 1 is 1.21 bits per heavy atom. The van der Waals surface area contributed by atoms with E-state index >= 15 is 0 Å². The van der Waals surface area contributed by atoms with Crippen LogP contribution in [0.5, 0.6) is 0 Å². The normalized spacial score (nSPS) is 12.5. The first kappa shape index (κ1) is 14.3. The highest BCUT2D eigenvalue weighted by Crippen LogP contribution is 2.16. The Kier molecular flexibility index (Phi) is 5.58. The highest BCUT2D eigenvalue weighted by Gasteiger charge is 2.04. The van der Waals surface area contributed by atoms with Crippen molar-refractivity contribution >= 4 is 11.3 Å². The lowest BCUT2D eigenvalue weighted by Crippen LogP contribution is -2.19. The monoisotopic (exact) mass is 275 g/mol. The average molecular weight is 275 g/mol. The molecule has 1 atom stereocenters. The van der Waals surface area contributed by atoms with Gasteiger partial charge in [0.1, 0.15) is 0 Å². The molecule has 1 aromatic carbocycles. The molecule has 1 heterocycles. The number of thiophene rings is 1. The molecule has 2 rings (SSSR count). The first-order valence-corrected chi connectivity index (χ1v) is 7.55. The molecule has 1 N–H and O–H groups in total. The molecule has 0 aliphatic rings. The number of nitrogens with one attached hydrogen (secondary N) is 1. The summed E-state index contributed by atoms with van der Waals surface area (Å²) in [6.07, 6.45) is 0.159. The van der Waals surface area contributed by atoms with E-state index < -0.39 is 0 Å². The summed E-state index contributed by atoms with van der Waals surface area (Å²) in [4.78, 5) is 1.41. The van der Waals surface area contributed by atoms with Crippen molar-refractivity contribution < 1.29 is 4.74 Å². The van der Waals surface area contributed by atoms with Gasteiger partial charge in [-0.1, -0.05) is 30.3 Å². The molecule has 1 aromatic heterocycles. The van der Waals surface area contributed by atoms with Gasteiger partial charge in [-0.15, -0.1) is 11.3 Å². The molecule has 102 valence electrons. The van der Waals surface area contributed by atoms with Gasteiger partial charge in [0.05, 0.1) is 12.7 Å². The van der Waals surface area contributed by atoms with Crippen molar-refractivity contribution in [3.05, 3.63) is 57.8 Å². The maximum atomic E-state index is 5.82. The fraction of sp³-hybridized carbons (Fsp3) is 0.375. The molecule has 19 heavy (non-hydrogen) atoms. The van der Waals surface area contributed by atoms with E-state index in [0.717, 1.165) is 19.7 Å². The lowest BCUT2D eigenvalue weighted by molar-refractivity contribution is 0.0676. The van der Waals surface area contributed by atoms with Crippen molar-refractivity contribution in [2.24, 2.45) is 0 Å². The summed E-state index contributed by atoms with van der Waals surface area (Å²) in [5.41, 5.74) is 2.60. The van der Waals surface area contributed by atoms with Crippen LogP contribution in [0.4, 0.5) is 0 Å². The third-order valence-electron chi connectivity index (χ3n) is 3.17. The van der Waals surface area contributed by atoms with Crippen molar-refractivity contribution in [3.63, 3.8) is 0 Å². The Balaban J connectivity index is 1.63. The van der Waals surface area contributed by atoms with E-state index in [0.29, 0.717) is 0 Å². The molecule has 0 spiro atoms. The van der Waals surface area contributed by atoms with Gasteiger partial charge in [-0.25, -0.2) is 0 Å². The van der Waals surface area contributed by atoms with Crippen LogP contribution >= 0.6 is 11.3 Å². The molecule has 0 saturated carbocycles. The maximum absolute atomic E-state index is 5.82. The largest absolute Gasteiger partial charge is 0.373 e. The Labute approximate surface area is 119 Å². The smallest absolute Gasteiger partial charge is 0.0797 e. The molecule has 1 unspecified atom stereocenters. The minimum absolute atomic E-state index is 0.159. The predicted octanol–water partition coefficient (Wildman–Crippen LogP) is 3.92. The third-order valence-corrected chi connectivity index (χ3v) is 4.19.